The van der Waals surface area contributed by atoms with E-state index in [1.165, 1.54) is 5.56 Å². The first-order valence-corrected chi connectivity index (χ1v) is 8.43. The van der Waals surface area contributed by atoms with Crippen molar-refractivity contribution in [1.29, 1.82) is 0 Å². The minimum absolute atomic E-state index is 0.345. The Morgan fingerprint density at radius 2 is 2.00 bits per heavy atom. The van der Waals surface area contributed by atoms with Gasteiger partial charge in [-0.3, -0.25) is 0 Å². The van der Waals surface area contributed by atoms with Crippen LogP contribution in [0.1, 0.15) is 18.5 Å². The first kappa shape index (κ1) is 15.3. The quantitative estimate of drug-likeness (QED) is 0.796. The average molecular weight is 308 g/mol. The van der Waals surface area contributed by atoms with Gasteiger partial charge < -0.3 is 10.2 Å². The average Bonchev–Trinajstić information content (AvgIpc) is 2.93. The standard InChI is InChI=1S/C14H20N4S2/c1-4-15-12(11-8-6-5-7-9-11)10-19-14-17-16-13(20-14)18(2)3/h5-9,12,15H,4,10H2,1-3H3. The van der Waals surface area contributed by atoms with Gasteiger partial charge in [-0.1, -0.05) is 60.4 Å². The number of rotatable bonds is 7. The number of benzene rings is 1. The van der Waals surface area contributed by atoms with Gasteiger partial charge in [0.2, 0.25) is 5.13 Å². The van der Waals surface area contributed by atoms with Crippen LogP contribution in [0, 0.1) is 0 Å². The Labute approximate surface area is 128 Å². The van der Waals surface area contributed by atoms with Crippen LogP contribution in [-0.2, 0) is 0 Å². The van der Waals surface area contributed by atoms with Crippen molar-refractivity contribution in [3.63, 3.8) is 0 Å². The maximum Gasteiger partial charge on any atom is 0.208 e. The van der Waals surface area contributed by atoms with Crippen molar-refractivity contribution < 1.29 is 0 Å². The topological polar surface area (TPSA) is 41.1 Å². The van der Waals surface area contributed by atoms with Crippen molar-refractivity contribution in [2.75, 3.05) is 31.3 Å². The Hall–Kier alpha value is -1.11. The third kappa shape index (κ3) is 4.19. The SMILES string of the molecule is CCNC(CSc1nnc(N(C)C)s1)c1ccccc1. The highest BCUT2D eigenvalue weighted by Gasteiger charge is 2.13. The Morgan fingerprint density at radius 3 is 2.60 bits per heavy atom. The number of hydrogen-bond acceptors (Lipinski definition) is 6. The van der Waals surface area contributed by atoms with E-state index in [2.05, 4.69) is 46.7 Å². The number of thioether (sulfide) groups is 1. The number of aromatic nitrogens is 2. The van der Waals surface area contributed by atoms with Crippen LogP contribution < -0.4 is 10.2 Å². The van der Waals surface area contributed by atoms with Gasteiger partial charge >= 0.3 is 0 Å². The molecule has 6 heteroatoms. The van der Waals surface area contributed by atoms with Gasteiger partial charge in [-0.15, -0.1) is 10.2 Å². The van der Waals surface area contributed by atoms with Crippen LogP contribution in [0.4, 0.5) is 5.13 Å². The molecule has 1 atom stereocenters. The third-order valence-electron chi connectivity index (χ3n) is 2.80. The minimum atomic E-state index is 0.345. The van der Waals surface area contributed by atoms with Gasteiger partial charge in [0.05, 0.1) is 0 Å². The van der Waals surface area contributed by atoms with Crippen LogP contribution in [0.3, 0.4) is 0 Å². The first-order valence-electron chi connectivity index (χ1n) is 6.62. The Balaban J connectivity index is 1.98. The molecule has 0 aliphatic carbocycles. The number of anilines is 1. The molecule has 1 N–H and O–H groups in total. The molecule has 1 aromatic carbocycles. The molecule has 0 spiro atoms. The molecule has 0 bridgehead atoms. The fourth-order valence-corrected chi connectivity index (χ4v) is 3.68. The number of nitrogens with zero attached hydrogens (tertiary/aromatic N) is 3. The summed E-state index contributed by atoms with van der Waals surface area (Å²) in [6, 6.07) is 10.9. The van der Waals surface area contributed by atoms with E-state index < -0.39 is 0 Å². The summed E-state index contributed by atoms with van der Waals surface area (Å²) in [7, 11) is 3.97. The van der Waals surface area contributed by atoms with Crippen LogP contribution in [0.5, 0.6) is 0 Å². The van der Waals surface area contributed by atoms with Crippen molar-refractivity contribution in [1.82, 2.24) is 15.5 Å². The molecule has 0 amide bonds. The zero-order valence-corrected chi connectivity index (χ0v) is 13.7. The van der Waals surface area contributed by atoms with Crippen LogP contribution in [0.15, 0.2) is 34.7 Å². The van der Waals surface area contributed by atoms with Crippen molar-refractivity contribution in [2.45, 2.75) is 17.3 Å². The van der Waals surface area contributed by atoms with Crippen molar-refractivity contribution in [3.05, 3.63) is 35.9 Å². The van der Waals surface area contributed by atoms with E-state index in [9.17, 15) is 0 Å². The van der Waals surface area contributed by atoms with Crippen molar-refractivity contribution in [2.24, 2.45) is 0 Å². The molecular formula is C14H20N4S2. The summed E-state index contributed by atoms with van der Waals surface area (Å²) >= 11 is 3.39. The lowest BCUT2D eigenvalue weighted by atomic mass is 10.1. The molecule has 4 nitrogen and oxygen atoms in total. The van der Waals surface area contributed by atoms with E-state index in [4.69, 9.17) is 0 Å². The molecule has 2 aromatic rings. The van der Waals surface area contributed by atoms with Gasteiger partial charge in [0.15, 0.2) is 4.34 Å². The summed E-state index contributed by atoms with van der Waals surface area (Å²) in [5.74, 6) is 0.958. The summed E-state index contributed by atoms with van der Waals surface area (Å²) in [5.41, 5.74) is 1.32. The molecule has 0 radical (unpaired) electrons. The maximum absolute atomic E-state index is 4.23. The van der Waals surface area contributed by atoms with E-state index in [0.29, 0.717) is 6.04 Å². The highest BCUT2D eigenvalue weighted by molar-refractivity contribution is 8.01. The third-order valence-corrected chi connectivity index (χ3v) is 5.12. The van der Waals surface area contributed by atoms with Gasteiger partial charge in [0.1, 0.15) is 0 Å². The zero-order chi connectivity index (χ0) is 14.4. The van der Waals surface area contributed by atoms with Crippen molar-refractivity contribution >= 4 is 28.2 Å². The largest absolute Gasteiger partial charge is 0.353 e. The predicted octanol–water partition coefficient (Wildman–Crippen LogP) is 3.05. The molecule has 1 heterocycles. The van der Waals surface area contributed by atoms with Gasteiger partial charge in [0, 0.05) is 25.9 Å². The first-order chi connectivity index (χ1) is 9.70. The number of hydrogen-bond donors (Lipinski definition) is 1. The Kier molecular flexibility index (Phi) is 5.82. The van der Waals surface area contributed by atoms with E-state index in [1.807, 2.05) is 25.1 Å². The summed E-state index contributed by atoms with van der Waals surface area (Å²) in [5, 5.41) is 12.9. The predicted molar refractivity (Wildman–Crippen MR) is 87.8 cm³/mol. The molecule has 0 aliphatic heterocycles. The fraction of sp³-hybridized carbons (Fsp3) is 0.429. The van der Waals surface area contributed by atoms with Gasteiger partial charge in [-0.2, -0.15) is 0 Å². The highest BCUT2D eigenvalue weighted by Crippen LogP contribution is 2.29. The van der Waals surface area contributed by atoms with E-state index in [-0.39, 0.29) is 0 Å². The molecule has 0 saturated heterocycles. The second-order valence-corrected chi connectivity index (χ2v) is 6.80. The van der Waals surface area contributed by atoms with Crippen LogP contribution in [0.25, 0.3) is 0 Å². The van der Waals surface area contributed by atoms with Gasteiger partial charge in [-0.25, -0.2) is 0 Å². The summed E-state index contributed by atoms with van der Waals surface area (Å²) < 4.78 is 1.02. The molecule has 0 saturated carbocycles. The lowest BCUT2D eigenvalue weighted by molar-refractivity contribution is 0.606. The number of nitrogens with one attached hydrogen (secondary N) is 1. The maximum atomic E-state index is 4.23. The molecule has 108 valence electrons. The summed E-state index contributed by atoms with van der Waals surface area (Å²) in [6.45, 7) is 3.09. The Bertz CT molecular complexity index is 513. The molecular weight excluding hydrogens is 288 g/mol. The van der Waals surface area contributed by atoms with E-state index >= 15 is 0 Å². The second kappa shape index (κ2) is 7.61. The monoisotopic (exact) mass is 308 g/mol. The molecule has 20 heavy (non-hydrogen) atoms. The zero-order valence-electron chi connectivity index (χ0n) is 12.0. The molecule has 1 unspecified atom stereocenters. The lowest BCUT2D eigenvalue weighted by Crippen LogP contribution is -2.22. The van der Waals surface area contributed by atoms with E-state index in [1.54, 1.807) is 23.1 Å². The molecule has 2 rings (SSSR count). The van der Waals surface area contributed by atoms with Crippen LogP contribution in [0.2, 0.25) is 0 Å². The summed E-state index contributed by atoms with van der Waals surface area (Å²) in [6.07, 6.45) is 0. The fourth-order valence-electron chi connectivity index (χ4n) is 1.80. The second-order valence-electron chi connectivity index (χ2n) is 4.58. The normalized spacial score (nSPS) is 12.3. The van der Waals surface area contributed by atoms with E-state index in [0.717, 1.165) is 21.8 Å². The minimum Gasteiger partial charge on any atom is -0.353 e. The van der Waals surface area contributed by atoms with Crippen molar-refractivity contribution in [3.8, 4) is 0 Å². The molecule has 1 aromatic heterocycles. The molecule has 0 aliphatic rings. The Morgan fingerprint density at radius 1 is 1.25 bits per heavy atom. The highest BCUT2D eigenvalue weighted by atomic mass is 32.2. The summed E-state index contributed by atoms with van der Waals surface area (Å²) in [4.78, 5) is 1.99. The smallest absolute Gasteiger partial charge is 0.208 e. The van der Waals surface area contributed by atoms with Crippen LogP contribution in [-0.4, -0.2) is 36.6 Å². The van der Waals surface area contributed by atoms with Gasteiger partial charge in [0.25, 0.3) is 0 Å². The van der Waals surface area contributed by atoms with Gasteiger partial charge in [-0.05, 0) is 12.1 Å². The van der Waals surface area contributed by atoms with Crippen LogP contribution >= 0.6 is 23.1 Å². The molecule has 0 fully saturated rings. The lowest BCUT2D eigenvalue weighted by Gasteiger charge is -2.17.